The number of hydrogen-bond acceptors (Lipinski definition) is 3. The van der Waals surface area contributed by atoms with E-state index in [-0.39, 0.29) is 12.5 Å². The molecule has 0 fully saturated rings. The van der Waals surface area contributed by atoms with Crippen molar-refractivity contribution in [1.82, 2.24) is 5.32 Å². The molecule has 1 rings (SSSR count). The van der Waals surface area contributed by atoms with Gasteiger partial charge in [-0.2, -0.15) is 5.26 Å². The molecule has 0 radical (unpaired) electrons. The summed E-state index contributed by atoms with van der Waals surface area (Å²) in [6.45, 7) is 5.83. The lowest BCUT2D eigenvalue weighted by Crippen LogP contribution is -2.53. The van der Waals surface area contributed by atoms with Crippen molar-refractivity contribution in [3.63, 3.8) is 0 Å². The molecule has 108 valence electrons. The molecule has 1 aromatic rings. The molecular formula is C15H20FN3O. The zero-order chi connectivity index (χ0) is 15.3. The fourth-order valence-corrected chi connectivity index (χ4v) is 2.15. The van der Waals surface area contributed by atoms with E-state index in [1.807, 2.05) is 19.9 Å². The van der Waals surface area contributed by atoms with Gasteiger partial charge >= 0.3 is 0 Å². The number of nitrogens with zero attached hydrogens (tertiary/aromatic N) is 1. The zero-order valence-electron chi connectivity index (χ0n) is 12.0. The molecular weight excluding hydrogens is 257 g/mol. The number of primary amides is 1. The topological polar surface area (TPSA) is 78.9 Å². The van der Waals surface area contributed by atoms with E-state index in [9.17, 15) is 9.18 Å². The quantitative estimate of drug-likeness (QED) is 0.835. The molecule has 0 aromatic heterocycles. The van der Waals surface area contributed by atoms with E-state index >= 15 is 0 Å². The average molecular weight is 277 g/mol. The second-order valence-corrected chi connectivity index (χ2v) is 5.57. The number of nitrogens with one attached hydrogen (secondary N) is 1. The minimum atomic E-state index is -0.900. The lowest BCUT2D eigenvalue weighted by atomic mass is 9.89. The molecule has 0 saturated heterocycles. The molecule has 0 aliphatic heterocycles. The molecule has 1 atom stereocenters. The molecule has 1 aromatic carbocycles. The number of benzene rings is 1. The van der Waals surface area contributed by atoms with Crippen LogP contribution < -0.4 is 11.1 Å². The summed E-state index contributed by atoms with van der Waals surface area (Å²) in [5, 5.41) is 11.8. The van der Waals surface area contributed by atoms with Crippen LogP contribution in [0, 0.1) is 23.1 Å². The Kier molecular flexibility index (Phi) is 5.23. The standard InChI is InChI=1S/C15H20FN3O/c1-10(2)7-15(3,14(18)20)19-9-12-6-11(8-17)4-5-13(12)16/h4-6,10,19H,7,9H2,1-3H3,(H2,18,20)/t15-/m0/s1. The molecule has 0 aliphatic rings. The van der Waals surface area contributed by atoms with E-state index in [1.54, 1.807) is 6.92 Å². The number of amides is 1. The van der Waals surface area contributed by atoms with E-state index in [0.29, 0.717) is 17.5 Å². The van der Waals surface area contributed by atoms with Gasteiger partial charge in [0.2, 0.25) is 5.91 Å². The van der Waals surface area contributed by atoms with Crippen molar-refractivity contribution in [1.29, 1.82) is 5.26 Å². The molecule has 0 spiro atoms. The number of nitriles is 1. The van der Waals surface area contributed by atoms with Crippen molar-refractivity contribution >= 4 is 5.91 Å². The number of rotatable bonds is 6. The second kappa shape index (κ2) is 6.49. The first-order chi connectivity index (χ1) is 9.28. The molecule has 0 aliphatic carbocycles. The van der Waals surface area contributed by atoms with E-state index in [1.165, 1.54) is 18.2 Å². The highest BCUT2D eigenvalue weighted by Crippen LogP contribution is 2.18. The van der Waals surface area contributed by atoms with Gasteiger partial charge in [-0.25, -0.2) is 4.39 Å². The van der Waals surface area contributed by atoms with Gasteiger partial charge in [0.25, 0.3) is 0 Å². The van der Waals surface area contributed by atoms with Crippen LogP contribution in [0.4, 0.5) is 4.39 Å². The summed E-state index contributed by atoms with van der Waals surface area (Å²) in [5.41, 5.74) is 5.26. The van der Waals surface area contributed by atoms with Crippen LogP contribution >= 0.6 is 0 Å². The smallest absolute Gasteiger partial charge is 0.237 e. The van der Waals surface area contributed by atoms with Crippen LogP contribution in [0.5, 0.6) is 0 Å². The maximum Gasteiger partial charge on any atom is 0.237 e. The Balaban J connectivity index is 2.88. The van der Waals surface area contributed by atoms with Gasteiger partial charge in [-0.1, -0.05) is 13.8 Å². The van der Waals surface area contributed by atoms with Crippen LogP contribution in [0.3, 0.4) is 0 Å². The molecule has 0 unspecified atom stereocenters. The zero-order valence-corrected chi connectivity index (χ0v) is 12.0. The highest BCUT2D eigenvalue weighted by molar-refractivity contribution is 5.84. The first-order valence-electron chi connectivity index (χ1n) is 6.52. The van der Waals surface area contributed by atoms with Crippen LogP contribution in [0.15, 0.2) is 18.2 Å². The normalized spacial score (nSPS) is 13.8. The summed E-state index contributed by atoms with van der Waals surface area (Å²) >= 11 is 0. The fraction of sp³-hybridized carbons (Fsp3) is 0.467. The molecule has 1 amide bonds. The Morgan fingerprint density at radius 3 is 2.70 bits per heavy atom. The van der Waals surface area contributed by atoms with Crippen molar-refractivity contribution in [2.75, 3.05) is 0 Å². The average Bonchev–Trinajstić information content (AvgIpc) is 2.37. The van der Waals surface area contributed by atoms with Crippen LogP contribution in [0.25, 0.3) is 0 Å². The van der Waals surface area contributed by atoms with Gasteiger partial charge in [0.1, 0.15) is 5.82 Å². The molecule has 0 saturated carbocycles. The third kappa shape index (κ3) is 4.04. The van der Waals surface area contributed by atoms with Crippen molar-refractivity contribution in [2.45, 2.75) is 39.3 Å². The molecule has 0 bridgehead atoms. The number of halogens is 1. The fourth-order valence-electron chi connectivity index (χ4n) is 2.15. The minimum absolute atomic E-state index is 0.146. The SMILES string of the molecule is CC(C)C[C@](C)(NCc1cc(C#N)ccc1F)C(N)=O. The van der Waals surface area contributed by atoms with Crippen molar-refractivity contribution in [3.8, 4) is 6.07 Å². The van der Waals surface area contributed by atoms with Gasteiger partial charge in [0, 0.05) is 12.1 Å². The van der Waals surface area contributed by atoms with E-state index in [4.69, 9.17) is 11.0 Å². The lowest BCUT2D eigenvalue weighted by Gasteiger charge is -2.29. The van der Waals surface area contributed by atoms with Crippen LogP contribution in [0.2, 0.25) is 0 Å². The van der Waals surface area contributed by atoms with Gasteiger partial charge < -0.3 is 5.73 Å². The first-order valence-corrected chi connectivity index (χ1v) is 6.52. The number of nitrogens with two attached hydrogens (primary N) is 1. The molecule has 0 heterocycles. The Hall–Kier alpha value is -1.93. The Labute approximate surface area is 118 Å². The van der Waals surface area contributed by atoms with Crippen LogP contribution in [-0.4, -0.2) is 11.4 Å². The minimum Gasteiger partial charge on any atom is -0.368 e. The maximum absolute atomic E-state index is 13.7. The highest BCUT2D eigenvalue weighted by Gasteiger charge is 2.31. The second-order valence-electron chi connectivity index (χ2n) is 5.57. The van der Waals surface area contributed by atoms with Gasteiger partial charge in [0.15, 0.2) is 0 Å². The Morgan fingerprint density at radius 2 is 2.20 bits per heavy atom. The van der Waals surface area contributed by atoms with E-state index in [2.05, 4.69) is 5.32 Å². The third-order valence-corrected chi connectivity index (χ3v) is 3.20. The summed E-state index contributed by atoms with van der Waals surface area (Å²) in [5.74, 6) is -0.605. The number of carbonyl (C=O) groups excluding carboxylic acids is 1. The predicted molar refractivity (Wildman–Crippen MR) is 75.0 cm³/mol. The largest absolute Gasteiger partial charge is 0.368 e. The van der Waals surface area contributed by atoms with Gasteiger partial charge in [0.05, 0.1) is 17.2 Å². The van der Waals surface area contributed by atoms with Gasteiger partial charge in [-0.3, -0.25) is 10.1 Å². The van der Waals surface area contributed by atoms with Crippen LogP contribution in [0.1, 0.15) is 38.3 Å². The third-order valence-electron chi connectivity index (χ3n) is 3.20. The first kappa shape index (κ1) is 16.1. The summed E-state index contributed by atoms with van der Waals surface area (Å²) in [7, 11) is 0. The van der Waals surface area contributed by atoms with E-state index < -0.39 is 17.3 Å². The Morgan fingerprint density at radius 1 is 1.55 bits per heavy atom. The molecule has 5 heteroatoms. The van der Waals surface area contributed by atoms with Gasteiger partial charge in [-0.05, 0) is 37.5 Å². The Bertz CT molecular complexity index is 536. The highest BCUT2D eigenvalue weighted by atomic mass is 19.1. The summed E-state index contributed by atoms with van der Waals surface area (Å²) in [4.78, 5) is 11.6. The number of hydrogen-bond donors (Lipinski definition) is 2. The predicted octanol–water partition coefficient (Wildman–Crippen LogP) is 2.08. The van der Waals surface area contributed by atoms with Crippen molar-refractivity contribution in [3.05, 3.63) is 35.1 Å². The molecule has 20 heavy (non-hydrogen) atoms. The summed E-state index contributed by atoms with van der Waals surface area (Å²) in [6, 6.07) is 6.10. The monoisotopic (exact) mass is 277 g/mol. The van der Waals surface area contributed by atoms with Crippen LogP contribution in [-0.2, 0) is 11.3 Å². The molecule has 3 N–H and O–H groups in total. The number of carbonyl (C=O) groups is 1. The summed E-state index contributed by atoms with van der Waals surface area (Å²) in [6.07, 6.45) is 0.557. The van der Waals surface area contributed by atoms with Crippen molar-refractivity contribution in [2.24, 2.45) is 11.7 Å². The van der Waals surface area contributed by atoms with Gasteiger partial charge in [-0.15, -0.1) is 0 Å². The van der Waals surface area contributed by atoms with Crippen molar-refractivity contribution < 1.29 is 9.18 Å². The lowest BCUT2D eigenvalue weighted by molar-refractivity contribution is -0.124. The maximum atomic E-state index is 13.7. The molecule has 4 nitrogen and oxygen atoms in total. The van der Waals surface area contributed by atoms with E-state index in [0.717, 1.165) is 0 Å². The summed E-state index contributed by atoms with van der Waals surface area (Å²) < 4.78 is 13.7.